The van der Waals surface area contributed by atoms with Crippen molar-refractivity contribution in [1.82, 2.24) is 15.0 Å². The Morgan fingerprint density at radius 3 is 2.79 bits per heavy atom. The van der Waals surface area contributed by atoms with Crippen molar-refractivity contribution >= 4 is 32.7 Å². The molecule has 0 aliphatic carbocycles. The van der Waals surface area contributed by atoms with Crippen molar-refractivity contribution < 1.29 is 8.42 Å². The fraction of sp³-hybridized carbons (Fsp3) is 0.364. The second-order valence-corrected chi connectivity index (χ2v) is 7.86. The summed E-state index contributed by atoms with van der Waals surface area (Å²) in [4.78, 5) is 5.09. The summed E-state index contributed by atoms with van der Waals surface area (Å²) in [5.74, 6) is 0. The molecule has 104 valence electrons. The Hall–Kier alpha value is -0.800. The zero-order valence-electron chi connectivity index (χ0n) is 10.6. The molecule has 0 radical (unpaired) electrons. The second kappa shape index (κ2) is 6.10. The molecule has 2 aromatic heterocycles. The van der Waals surface area contributed by atoms with Gasteiger partial charge >= 0.3 is 0 Å². The summed E-state index contributed by atoms with van der Waals surface area (Å²) in [5.41, 5.74) is 3.41. The molecule has 0 spiro atoms. The average Bonchev–Trinajstić information content (AvgIpc) is 2.98. The van der Waals surface area contributed by atoms with Crippen LogP contribution in [0.3, 0.4) is 0 Å². The number of sulfonamides is 1. The lowest BCUT2D eigenvalue weighted by Crippen LogP contribution is -2.22. The van der Waals surface area contributed by atoms with E-state index in [1.54, 1.807) is 11.6 Å². The Morgan fingerprint density at radius 1 is 1.37 bits per heavy atom. The first-order valence-corrected chi connectivity index (χ1v) is 8.88. The largest absolute Gasteiger partial charge is 0.315 e. The third kappa shape index (κ3) is 3.61. The van der Waals surface area contributed by atoms with Crippen LogP contribution in [0.25, 0.3) is 0 Å². The molecule has 5 nitrogen and oxygen atoms in total. The van der Waals surface area contributed by atoms with E-state index >= 15 is 0 Å². The van der Waals surface area contributed by atoms with Gasteiger partial charge in [0.15, 0.2) is 0 Å². The van der Waals surface area contributed by atoms with Gasteiger partial charge in [0.05, 0.1) is 17.7 Å². The topological polar surface area (TPSA) is 71.1 Å². The SMILES string of the molecule is CNCc1sc(S(=O)(=O)NCc2cscn2)cc1C. The number of hydrogen-bond acceptors (Lipinski definition) is 6. The lowest BCUT2D eigenvalue weighted by atomic mass is 10.3. The van der Waals surface area contributed by atoms with Gasteiger partial charge in [-0.3, -0.25) is 0 Å². The number of thiophene rings is 1. The van der Waals surface area contributed by atoms with Crippen molar-refractivity contribution in [2.75, 3.05) is 7.05 Å². The first-order chi connectivity index (χ1) is 9.03. The van der Waals surface area contributed by atoms with Crippen LogP contribution in [0.5, 0.6) is 0 Å². The van der Waals surface area contributed by atoms with E-state index < -0.39 is 10.0 Å². The summed E-state index contributed by atoms with van der Waals surface area (Å²) in [6, 6.07) is 1.71. The highest BCUT2D eigenvalue weighted by atomic mass is 32.2. The third-order valence-corrected chi connectivity index (χ3v) is 6.27. The van der Waals surface area contributed by atoms with Gasteiger partial charge in [0.2, 0.25) is 10.0 Å². The smallest absolute Gasteiger partial charge is 0.250 e. The number of hydrogen-bond donors (Lipinski definition) is 2. The molecule has 0 saturated heterocycles. The number of nitrogens with one attached hydrogen (secondary N) is 2. The van der Waals surface area contributed by atoms with Crippen LogP contribution in [0.15, 0.2) is 21.2 Å². The molecule has 0 aliphatic heterocycles. The van der Waals surface area contributed by atoms with Gasteiger partial charge < -0.3 is 5.32 Å². The molecular formula is C11H15N3O2S3. The van der Waals surface area contributed by atoms with Gasteiger partial charge in [0.25, 0.3) is 0 Å². The molecule has 0 aliphatic rings. The van der Waals surface area contributed by atoms with Crippen molar-refractivity contribution in [2.45, 2.75) is 24.2 Å². The highest BCUT2D eigenvalue weighted by Crippen LogP contribution is 2.25. The number of aryl methyl sites for hydroxylation is 1. The van der Waals surface area contributed by atoms with E-state index in [-0.39, 0.29) is 6.54 Å². The Kier molecular flexibility index (Phi) is 4.69. The maximum absolute atomic E-state index is 12.2. The molecule has 0 saturated carbocycles. The van der Waals surface area contributed by atoms with E-state index in [1.807, 2.05) is 19.4 Å². The molecule has 0 unspecified atom stereocenters. The molecule has 2 rings (SSSR count). The van der Waals surface area contributed by atoms with Crippen molar-refractivity contribution in [3.8, 4) is 0 Å². The Balaban J connectivity index is 2.12. The maximum Gasteiger partial charge on any atom is 0.250 e. The van der Waals surface area contributed by atoms with Crippen LogP contribution < -0.4 is 10.0 Å². The minimum absolute atomic E-state index is 0.226. The van der Waals surface area contributed by atoms with Crippen molar-refractivity contribution in [2.24, 2.45) is 0 Å². The van der Waals surface area contributed by atoms with Crippen LogP contribution in [-0.2, 0) is 23.1 Å². The summed E-state index contributed by atoms with van der Waals surface area (Å²) in [7, 11) is -1.61. The molecule has 0 aromatic carbocycles. The lowest BCUT2D eigenvalue weighted by Gasteiger charge is -2.02. The molecule has 2 aromatic rings. The lowest BCUT2D eigenvalue weighted by molar-refractivity contribution is 0.582. The van der Waals surface area contributed by atoms with Crippen molar-refractivity contribution in [3.63, 3.8) is 0 Å². The van der Waals surface area contributed by atoms with Crippen molar-refractivity contribution in [3.05, 3.63) is 33.1 Å². The highest BCUT2D eigenvalue weighted by Gasteiger charge is 2.18. The molecule has 2 heterocycles. The number of thiazole rings is 1. The van der Waals surface area contributed by atoms with E-state index in [0.717, 1.165) is 16.1 Å². The second-order valence-electron chi connectivity index (χ2n) is 4.01. The Bertz CT molecular complexity index is 632. The summed E-state index contributed by atoms with van der Waals surface area (Å²) in [6.07, 6.45) is 0. The Labute approximate surface area is 120 Å². The molecule has 0 amide bonds. The fourth-order valence-corrected chi connectivity index (χ4v) is 4.72. The van der Waals surface area contributed by atoms with E-state index in [0.29, 0.717) is 10.8 Å². The van der Waals surface area contributed by atoms with Gasteiger partial charge in [-0.25, -0.2) is 18.1 Å². The molecule has 0 bridgehead atoms. The standard InChI is InChI=1S/C11H15N3O2S3/c1-8-3-11(18-10(8)5-12-2)19(15,16)14-4-9-6-17-7-13-9/h3,6-7,12,14H,4-5H2,1-2H3. The predicted molar refractivity (Wildman–Crippen MR) is 78.0 cm³/mol. The van der Waals surface area contributed by atoms with E-state index in [2.05, 4.69) is 15.0 Å². The summed E-state index contributed by atoms with van der Waals surface area (Å²) in [5, 5.41) is 4.86. The quantitative estimate of drug-likeness (QED) is 0.851. The van der Waals surface area contributed by atoms with Gasteiger partial charge in [-0.15, -0.1) is 22.7 Å². The Morgan fingerprint density at radius 2 is 2.16 bits per heavy atom. The van der Waals surface area contributed by atoms with Gasteiger partial charge in [-0.05, 0) is 25.6 Å². The van der Waals surface area contributed by atoms with Gasteiger partial charge in [-0.2, -0.15) is 0 Å². The predicted octanol–water partition coefficient (Wildman–Crippen LogP) is 1.71. The summed E-state index contributed by atoms with van der Waals surface area (Å²) in [6.45, 7) is 2.82. The molecular weight excluding hydrogens is 302 g/mol. The highest BCUT2D eigenvalue weighted by molar-refractivity contribution is 7.91. The monoisotopic (exact) mass is 317 g/mol. The van der Waals surface area contributed by atoms with Gasteiger partial charge in [0.1, 0.15) is 4.21 Å². The number of nitrogens with zero attached hydrogens (tertiary/aromatic N) is 1. The van der Waals surface area contributed by atoms with Crippen LogP contribution >= 0.6 is 22.7 Å². The minimum Gasteiger partial charge on any atom is -0.315 e. The maximum atomic E-state index is 12.2. The summed E-state index contributed by atoms with van der Waals surface area (Å²) >= 11 is 2.74. The number of rotatable bonds is 6. The van der Waals surface area contributed by atoms with Crippen LogP contribution in [0.1, 0.15) is 16.1 Å². The molecule has 8 heteroatoms. The van der Waals surface area contributed by atoms with Gasteiger partial charge in [0, 0.05) is 16.8 Å². The van der Waals surface area contributed by atoms with Crippen LogP contribution in [-0.4, -0.2) is 20.4 Å². The third-order valence-electron chi connectivity index (χ3n) is 2.53. The molecule has 0 fully saturated rings. The van der Waals surface area contributed by atoms with E-state index in [1.165, 1.54) is 22.7 Å². The zero-order chi connectivity index (χ0) is 13.9. The van der Waals surface area contributed by atoms with Crippen LogP contribution in [0.2, 0.25) is 0 Å². The van der Waals surface area contributed by atoms with E-state index in [4.69, 9.17) is 0 Å². The fourth-order valence-electron chi connectivity index (χ4n) is 1.52. The zero-order valence-corrected chi connectivity index (χ0v) is 13.1. The van der Waals surface area contributed by atoms with Crippen LogP contribution in [0.4, 0.5) is 0 Å². The molecule has 2 N–H and O–H groups in total. The van der Waals surface area contributed by atoms with Crippen LogP contribution in [0, 0.1) is 6.92 Å². The van der Waals surface area contributed by atoms with Gasteiger partial charge in [-0.1, -0.05) is 0 Å². The van der Waals surface area contributed by atoms with E-state index in [9.17, 15) is 8.42 Å². The summed E-state index contributed by atoms with van der Waals surface area (Å²) < 4.78 is 27.2. The normalized spacial score (nSPS) is 11.9. The first kappa shape index (κ1) is 14.6. The molecule has 19 heavy (non-hydrogen) atoms. The minimum atomic E-state index is -3.45. The first-order valence-electron chi connectivity index (χ1n) is 5.63. The molecule has 0 atom stereocenters. The average molecular weight is 317 g/mol. The number of aromatic nitrogens is 1. The van der Waals surface area contributed by atoms with Crippen molar-refractivity contribution in [1.29, 1.82) is 0 Å².